The molecule has 0 amide bonds. The van der Waals surface area contributed by atoms with Gasteiger partial charge in [0.05, 0.1) is 34.8 Å². The zero-order valence-electron chi connectivity index (χ0n) is 16.9. The Morgan fingerprint density at radius 1 is 1.20 bits per heavy atom. The summed E-state index contributed by atoms with van der Waals surface area (Å²) in [6.07, 6.45) is 6.99. The normalized spacial score (nSPS) is 25.1. The summed E-state index contributed by atoms with van der Waals surface area (Å²) in [7, 11) is 1.94. The third-order valence-electron chi connectivity index (χ3n) is 6.71. The number of Topliss-reactive ketones (excluding diaryl/α,β-unsaturated/α-hetero) is 1. The van der Waals surface area contributed by atoms with Crippen molar-refractivity contribution in [1.82, 2.24) is 20.0 Å². The molecule has 0 saturated carbocycles. The van der Waals surface area contributed by atoms with Crippen molar-refractivity contribution in [2.45, 2.75) is 25.2 Å². The quantitative estimate of drug-likeness (QED) is 0.664. The van der Waals surface area contributed by atoms with E-state index in [0.29, 0.717) is 0 Å². The van der Waals surface area contributed by atoms with Gasteiger partial charge in [0, 0.05) is 24.1 Å². The van der Waals surface area contributed by atoms with Gasteiger partial charge in [-0.2, -0.15) is 20.6 Å². The third-order valence-corrected chi connectivity index (χ3v) is 6.71. The summed E-state index contributed by atoms with van der Waals surface area (Å²) in [6.45, 7) is 1.96. The van der Waals surface area contributed by atoms with Gasteiger partial charge in [-0.15, -0.1) is 0 Å². The van der Waals surface area contributed by atoms with Crippen LogP contribution in [0.2, 0.25) is 0 Å². The fraction of sp³-hybridized carbons (Fsp3) is 0.292. The number of aryl methyl sites for hydroxylation is 1. The van der Waals surface area contributed by atoms with Gasteiger partial charge in [0.1, 0.15) is 6.07 Å². The molecule has 6 heteroatoms. The molecule has 5 rings (SSSR count). The second-order valence-electron chi connectivity index (χ2n) is 8.13. The van der Waals surface area contributed by atoms with Crippen molar-refractivity contribution < 1.29 is 4.79 Å². The third kappa shape index (κ3) is 2.42. The Kier molecular flexibility index (Phi) is 4.14. The lowest BCUT2D eigenvalue weighted by Crippen LogP contribution is -2.48. The molecule has 0 saturated heterocycles. The zero-order valence-corrected chi connectivity index (χ0v) is 16.9. The molecule has 3 aromatic rings. The van der Waals surface area contributed by atoms with Gasteiger partial charge < -0.3 is 0 Å². The van der Waals surface area contributed by atoms with Gasteiger partial charge in [0.2, 0.25) is 0 Å². The molecule has 2 aliphatic rings. The Balaban J connectivity index is 1.85. The van der Waals surface area contributed by atoms with E-state index >= 15 is 0 Å². The van der Waals surface area contributed by atoms with Crippen molar-refractivity contribution in [3.63, 3.8) is 0 Å². The van der Waals surface area contributed by atoms with Gasteiger partial charge >= 0.3 is 0 Å². The van der Waals surface area contributed by atoms with E-state index in [4.69, 9.17) is 5.10 Å². The molecule has 148 valence electrons. The molecule has 2 aromatic heterocycles. The van der Waals surface area contributed by atoms with Crippen LogP contribution in [0, 0.1) is 23.2 Å². The van der Waals surface area contributed by atoms with Gasteiger partial charge in [-0.3, -0.25) is 9.48 Å². The molecular formula is C24H21N5O. The molecule has 2 heterocycles. The van der Waals surface area contributed by atoms with Crippen molar-refractivity contribution >= 4 is 5.78 Å². The van der Waals surface area contributed by atoms with E-state index in [1.807, 2.05) is 49.0 Å². The number of nitrogens with zero attached hydrogens (tertiary/aromatic N) is 5. The SMILES string of the molecule is CC1C(=O)C(C#N)=C[C@]2(c3ccccc3)c3nn(C)c(-c4ccnnc4)c3CCC12. The summed E-state index contributed by atoms with van der Waals surface area (Å²) < 4.78 is 1.90. The molecule has 3 atom stereocenters. The molecule has 0 spiro atoms. The number of aromatic nitrogens is 4. The largest absolute Gasteiger partial charge is 0.293 e. The summed E-state index contributed by atoms with van der Waals surface area (Å²) in [6, 6.07) is 14.3. The molecule has 0 N–H and O–H groups in total. The number of nitriles is 1. The highest BCUT2D eigenvalue weighted by atomic mass is 16.1. The maximum absolute atomic E-state index is 12.9. The number of fused-ring (bicyclic) bond motifs is 3. The number of ketones is 1. The molecule has 0 aliphatic heterocycles. The highest BCUT2D eigenvalue weighted by molar-refractivity contribution is 6.02. The number of benzene rings is 1. The number of hydrogen-bond donors (Lipinski definition) is 0. The first-order chi connectivity index (χ1) is 14.6. The van der Waals surface area contributed by atoms with Crippen LogP contribution in [0.4, 0.5) is 0 Å². The maximum Gasteiger partial charge on any atom is 0.176 e. The van der Waals surface area contributed by atoms with Crippen LogP contribution in [0.3, 0.4) is 0 Å². The molecule has 2 unspecified atom stereocenters. The van der Waals surface area contributed by atoms with E-state index in [1.165, 1.54) is 0 Å². The minimum atomic E-state index is -0.607. The first-order valence-corrected chi connectivity index (χ1v) is 10.1. The molecular weight excluding hydrogens is 374 g/mol. The van der Waals surface area contributed by atoms with Gasteiger partial charge in [0.15, 0.2) is 5.78 Å². The predicted octanol–water partition coefficient (Wildman–Crippen LogP) is 3.39. The second kappa shape index (κ2) is 6.74. The zero-order chi connectivity index (χ0) is 20.9. The van der Waals surface area contributed by atoms with Crippen molar-refractivity contribution in [2.24, 2.45) is 18.9 Å². The number of allylic oxidation sites excluding steroid dienone is 2. The maximum atomic E-state index is 12.9. The number of rotatable bonds is 2. The minimum Gasteiger partial charge on any atom is -0.293 e. The molecule has 1 aromatic carbocycles. The topological polar surface area (TPSA) is 84.5 Å². The lowest BCUT2D eigenvalue weighted by Gasteiger charge is -2.46. The number of carbonyl (C=O) groups excluding carboxylic acids is 1. The minimum absolute atomic E-state index is 0.0512. The van der Waals surface area contributed by atoms with Crippen LogP contribution in [0.1, 0.15) is 30.2 Å². The van der Waals surface area contributed by atoms with E-state index < -0.39 is 5.41 Å². The van der Waals surface area contributed by atoms with Crippen LogP contribution < -0.4 is 0 Å². The summed E-state index contributed by atoms with van der Waals surface area (Å²) in [5.74, 6) is -0.256. The Bertz CT molecular complexity index is 1210. The van der Waals surface area contributed by atoms with Crippen molar-refractivity contribution in [3.05, 3.63) is 77.3 Å². The highest BCUT2D eigenvalue weighted by Gasteiger charge is 2.53. The summed E-state index contributed by atoms with van der Waals surface area (Å²) >= 11 is 0. The Morgan fingerprint density at radius 3 is 2.70 bits per heavy atom. The molecule has 0 bridgehead atoms. The smallest absolute Gasteiger partial charge is 0.176 e. The van der Waals surface area contributed by atoms with Crippen molar-refractivity contribution in [3.8, 4) is 17.3 Å². The monoisotopic (exact) mass is 395 g/mol. The van der Waals surface area contributed by atoms with Crippen LogP contribution in [-0.4, -0.2) is 25.8 Å². The fourth-order valence-corrected chi connectivity index (χ4v) is 5.41. The lowest BCUT2D eigenvalue weighted by atomic mass is 9.54. The van der Waals surface area contributed by atoms with Gasteiger partial charge in [-0.1, -0.05) is 37.3 Å². The Labute approximate surface area is 174 Å². The van der Waals surface area contributed by atoms with Crippen molar-refractivity contribution in [2.75, 3.05) is 0 Å². The van der Waals surface area contributed by atoms with Crippen molar-refractivity contribution in [1.29, 1.82) is 5.26 Å². The van der Waals surface area contributed by atoms with Gasteiger partial charge in [0.25, 0.3) is 0 Å². The van der Waals surface area contributed by atoms with E-state index in [9.17, 15) is 10.1 Å². The first-order valence-electron chi connectivity index (χ1n) is 10.1. The number of hydrogen-bond acceptors (Lipinski definition) is 5. The first kappa shape index (κ1) is 18.4. The average Bonchev–Trinajstić information content (AvgIpc) is 3.13. The molecule has 0 fully saturated rings. The Hall–Kier alpha value is -3.59. The van der Waals surface area contributed by atoms with E-state index in [2.05, 4.69) is 28.4 Å². The molecule has 30 heavy (non-hydrogen) atoms. The van der Waals surface area contributed by atoms with Gasteiger partial charge in [-0.05, 0) is 36.5 Å². The standard InChI is InChI=1S/C24H21N5O/c1-15-20-9-8-19-21(16-10-11-26-27-14-16)29(2)28-23(19)24(20,12-17(13-25)22(15)30)18-6-4-3-5-7-18/h3-7,10-12,14-15,20H,8-9H2,1-2H3/t15?,20?,24-/m1/s1. The molecule has 0 radical (unpaired) electrons. The average molecular weight is 395 g/mol. The second-order valence-corrected chi connectivity index (χ2v) is 8.13. The Morgan fingerprint density at radius 2 is 2.00 bits per heavy atom. The summed E-state index contributed by atoms with van der Waals surface area (Å²) in [5, 5.41) is 22.7. The number of carbonyl (C=O) groups is 1. The van der Waals surface area contributed by atoms with E-state index in [0.717, 1.165) is 40.9 Å². The highest BCUT2D eigenvalue weighted by Crippen LogP contribution is 2.54. The van der Waals surface area contributed by atoms with E-state index in [-0.39, 0.29) is 23.2 Å². The fourth-order valence-electron chi connectivity index (χ4n) is 5.41. The molecule has 2 aliphatic carbocycles. The van der Waals surface area contributed by atoms with Crippen LogP contribution in [0.25, 0.3) is 11.3 Å². The summed E-state index contributed by atoms with van der Waals surface area (Å²) in [4.78, 5) is 12.9. The van der Waals surface area contributed by atoms with Crippen LogP contribution in [-0.2, 0) is 23.7 Å². The van der Waals surface area contributed by atoms with Crippen LogP contribution >= 0.6 is 0 Å². The van der Waals surface area contributed by atoms with Gasteiger partial charge in [-0.25, -0.2) is 0 Å². The predicted molar refractivity (Wildman–Crippen MR) is 111 cm³/mol. The van der Waals surface area contributed by atoms with Crippen LogP contribution in [0.15, 0.2) is 60.4 Å². The van der Waals surface area contributed by atoms with Crippen LogP contribution in [0.5, 0.6) is 0 Å². The molecule has 6 nitrogen and oxygen atoms in total. The van der Waals surface area contributed by atoms with E-state index in [1.54, 1.807) is 12.4 Å². The lowest BCUT2D eigenvalue weighted by molar-refractivity contribution is -0.121. The summed E-state index contributed by atoms with van der Waals surface area (Å²) in [5.41, 5.74) is 4.77.